The molecule has 1 heterocycles. The van der Waals surface area contributed by atoms with Gasteiger partial charge in [-0.25, -0.2) is 0 Å². The Morgan fingerprint density at radius 2 is 1.74 bits per heavy atom. The Kier molecular flexibility index (Phi) is 5.60. The highest BCUT2D eigenvalue weighted by atomic mass is 16.5. The van der Waals surface area contributed by atoms with Crippen molar-refractivity contribution >= 4 is 5.78 Å². The van der Waals surface area contributed by atoms with E-state index < -0.39 is 24.9 Å². The van der Waals surface area contributed by atoms with Crippen molar-refractivity contribution in [1.29, 1.82) is 0 Å². The average molecular weight is 434 g/mol. The minimum Gasteiger partial charge on any atom is -0.493 e. The highest BCUT2D eigenvalue weighted by Gasteiger charge is 2.21. The van der Waals surface area contributed by atoms with Crippen LogP contribution in [0.5, 0.6) is 11.5 Å². The molecule has 1 N–H and O–H groups in total. The summed E-state index contributed by atoms with van der Waals surface area (Å²) in [6.45, 7) is -1.40. The van der Waals surface area contributed by atoms with Gasteiger partial charge in [0.1, 0.15) is 12.7 Å². The summed E-state index contributed by atoms with van der Waals surface area (Å²) in [6, 6.07) is 6.33. The molecular weight excluding hydrogens is 392 g/mol. The van der Waals surface area contributed by atoms with Crippen LogP contribution in [0.2, 0.25) is 0 Å². The van der Waals surface area contributed by atoms with Gasteiger partial charge < -0.3 is 14.6 Å². The van der Waals surface area contributed by atoms with Crippen molar-refractivity contribution in [3.05, 3.63) is 59.1 Å². The summed E-state index contributed by atoms with van der Waals surface area (Å²) in [6.07, 6.45) is -1.82. The lowest BCUT2D eigenvalue weighted by Gasteiger charge is -2.35. The molecule has 2 aromatic rings. The minimum atomic E-state index is -2.35. The summed E-state index contributed by atoms with van der Waals surface area (Å²) in [7, 11) is 1.48. The number of ether oxygens (including phenoxy) is 2. The Morgan fingerprint density at radius 3 is 2.39 bits per heavy atom. The first-order valence-electron chi connectivity index (χ1n) is 13.8. The fourth-order valence-corrected chi connectivity index (χ4v) is 3.39. The lowest BCUT2D eigenvalue weighted by Crippen LogP contribution is -2.50. The summed E-state index contributed by atoms with van der Waals surface area (Å²) in [5.41, 5.74) is 1.16. The molecular formula is C25H34N2O4. The van der Waals surface area contributed by atoms with Gasteiger partial charge in [0, 0.05) is 41.8 Å². The van der Waals surface area contributed by atoms with Crippen LogP contribution in [0.25, 0.3) is 0 Å². The number of aliphatic hydroxyl groups excluding tert-OH is 1. The van der Waals surface area contributed by atoms with E-state index in [9.17, 15) is 9.90 Å². The van der Waals surface area contributed by atoms with E-state index in [-0.39, 0.29) is 57.3 Å². The van der Waals surface area contributed by atoms with Crippen molar-refractivity contribution in [3.8, 4) is 11.5 Å². The second-order valence-electron chi connectivity index (χ2n) is 7.40. The minimum absolute atomic E-state index is 0.0509. The molecule has 1 unspecified atom stereocenters. The predicted octanol–water partition coefficient (Wildman–Crippen LogP) is 2.48. The van der Waals surface area contributed by atoms with Crippen LogP contribution in [0, 0.1) is 13.8 Å². The zero-order chi connectivity index (χ0) is 28.4. The van der Waals surface area contributed by atoms with E-state index in [1.807, 2.05) is 0 Å². The Labute approximate surface area is 195 Å². The standard InChI is InChI=1S/C25H34N2O4/c1-19-7-6-8-20(2)23(19)15-21(28)16-26-11-13-27(14-12-26)17-22(29)18-31-25-10-5-4-9-24(25)30-3/h4-10,22,29H,11-18H2,1-3H3/i6D,7D,8D,16D2,17D2. The molecule has 3 rings (SSSR count). The van der Waals surface area contributed by atoms with Crippen LogP contribution in [0.15, 0.2) is 42.4 Å². The lowest BCUT2D eigenvalue weighted by atomic mass is 9.98. The third kappa shape index (κ3) is 6.79. The maximum atomic E-state index is 13.1. The Balaban J connectivity index is 1.63. The van der Waals surface area contributed by atoms with Gasteiger partial charge in [0.25, 0.3) is 0 Å². The summed E-state index contributed by atoms with van der Waals surface area (Å²) in [5.74, 6) is 0.0981. The predicted molar refractivity (Wildman–Crippen MR) is 122 cm³/mol. The molecule has 1 aliphatic rings. The number of Topliss-reactive ketones (excluding diaryl/α,β-unsaturated/α-hetero) is 1. The number of nitrogens with zero attached hydrogens (tertiary/aromatic N) is 2. The van der Waals surface area contributed by atoms with Gasteiger partial charge in [0.2, 0.25) is 0 Å². The molecule has 0 spiro atoms. The number of para-hydroxylation sites is 2. The van der Waals surface area contributed by atoms with E-state index in [1.54, 1.807) is 38.1 Å². The van der Waals surface area contributed by atoms with Gasteiger partial charge in [-0.15, -0.1) is 0 Å². The summed E-state index contributed by atoms with van der Waals surface area (Å²) in [4.78, 5) is 15.8. The van der Waals surface area contributed by atoms with E-state index in [2.05, 4.69) is 0 Å². The monoisotopic (exact) mass is 433 g/mol. The molecule has 168 valence electrons. The van der Waals surface area contributed by atoms with Crippen LogP contribution < -0.4 is 9.47 Å². The van der Waals surface area contributed by atoms with Crippen LogP contribution in [0.3, 0.4) is 0 Å². The number of piperazine rings is 1. The largest absolute Gasteiger partial charge is 0.493 e. The van der Waals surface area contributed by atoms with Crippen molar-refractivity contribution in [2.45, 2.75) is 26.4 Å². The quantitative estimate of drug-likeness (QED) is 0.621. The number of methoxy groups -OCH3 is 1. The first kappa shape index (κ1) is 15.4. The van der Waals surface area contributed by atoms with E-state index in [1.165, 1.54) is 16.9 Å². The van der Waals surface area contributed by atoms with Crippen LogP contribution in [-0.2, 0) is 11.2 Å². The molecule has 1 atom stereocenters. The van der Waals surface area contributed by atoms with Crippen LogP contribution in [0.1, 0.15) is 26.3 Å². The summed E-state index contributed by atoms with van der Waals surface area (Å²) >= 11 is 0. The number of β-amino-alcohol motifs (C(OH)–C–C–N with tert-alkyl or cyclic N) is 1. The molecule has 1 aliphatic heterocycles. The van der Waals surface area contributed by atoms with Crippen molar-refractivity contribution in [3.63, 3.8) is 0 Å². The molecule has 0 aromatic heterocycles. The third-order valence-electron chi connectivity index (χ3n) is 5.10. The van der Waals surface area contributed by atoms with E-state index >= 15 is 0 Å². The van der Waals surface area contributed by atoms with Gasteiger partial charge in [-0.1, -0.05) is 30.3 Å². The number of hydrogen-bond donors (Lipinski definition) is 1. The summed E-state index contributed by atoms with van der Waals surface area (Å²) < 4.78 is 68.6. The van der Waals surface area contributed by atoms with Gasteiger partial charge in [0.15, 0.2) is 17.3 Å². The molecule has 1 saturated heterocycles. The zero-order valence-electron chi connectivity index (χ0n) is 25.2. The maximum absolute atomic E-state index is 13.1. The molecule has 2 aromatic carbocycles. The van der Waals surface area contributed by atoms with Gasteiger partial charge in [0.05, 0.1) is 20.5 Å². The number of hydrogen-bond acceptors (Lipinski definition) is 6. The molecule has 1 fully saturated rings. The number of ketones is 1. The third-order valence-corrected chi connectivity index (χ3v) is 5.10. The van der Waals surface area contributed by atoms with Gasteiger partial charge >= 0.3 is 0 Å². The molecule has 6 nitrogen and oxygen atoms in total. The summed E-state index contributed by atoms with van der Waals surface area (Å²) in [5, 5.41) is 10.6. The molecule has 0 saturated carbocycles. The first-order chi connectivity index (χ1) is 17.7. The van der Waals surface area contributed by atoms with E-state index in [4.69, 9.17) is 19.1 Å². The maximum Gasteiger partial charge on any atom is 0.161 e. The Morgan fingerprint density at radius 1 is 1.13 bits per heavy atom. The van der Waals surface area contributed by atoms with Crippen molar-refractivity contribution < 1.29 is 29.0 Å². The second kappa shape index (κ2) is 11.3. The van der Waals surface area contributed by atoms with Crippen LogP contribution in [0.4, 0.5) is 0 Å². The molecule has 31 heavy (non-hydrogen) atoms. The lowest BCUT2D eigenvalue weighted by molar-refractivity contribution is -0.120. The van der Waals surface area contributed by atoms with Crippen molar-refractivity contribution in [2.75, 3.05) is 52.9 Å². The van der Waals surface area contributed by atoms with E-state index in [0.29, 0.717) is 28.2 Å². The topological polar surface area (TPSA) is 62.2 Å². The van der Waals surface area contributed by atoms with Crippen LogP contribution >= 0.6 is 0 Å². The van der Waals surface area contributed by atoms with Crippen molar-refractivity contribution in [2.24, 2.45) is 0 Å². The zero-order valence-corrected chi connectivity index (χ0v) is 18.2. The normalized spacial score (nSPS) is 20.3. The molecule has 0 bridgehead atoms. The van der Waals surface area contributed by atoms with Gasteiger partial charge in [-0.3, -0.25) is 14.6 Å². The Bertz CT molecular complexity index is 1140. The average Bonchev–Trinajstić information content (AvgIpc) is 2.91. The van der Waals surface area contributed by atoms with Gasteiger partial charge in [-0.2, -0.15) is 0 Å². The SMILES string of the molecule is [2H]c1c([2H])c(C)c(CC(=O)C([2H])([2H])N2CCN(C([2H])([2H])C(O)COc3ccccc3OC)CC2)c(C)c1[2H]. The number of benzene rings is 2. The second-order valence-corrected chi connectivity index (χ2v) is 7.40. The smallest absolute Gasteiger partial charge is 0.161 e. The molecule has 0 amide bonds. The Hall–Kier alpha value is -2.41. The molecule has 0 radical (unpaired) electrons. The molecule has 0 aliphatic carbocycles. The number of carbonyl (C=O) groups excluding carboxylic acids is 1. The van der Waals surface area contributed by atoms with Gasteiger partial charge in [-0.05, 0) is 42.7 Å². The number of rotatable bonds is 10. The number of aliphatic hydroxyl groups is 1. The molecule has 6 heteroatoms. The van der Waals surface area contributed by atoms with E-state index in [0.717, 1.165) is 0 Å². The first-order valence-corrected chi connectivity index (χ1v) is 10.3. The van der Waals surface area contributed by atoms with Crippen LogP contribution in [-0.4, -0.2) is 79.7 Å². The highest BCUT2D eigenvalue weighted by Crippen LogP contribution is 2.25. The highest BCUT2D eigenvalue weighted by molar-refractivity contribution is 5.83. The fraction of sp³-hybridized carbons (Fsp3) is 0.480. The number of carbonyl (C=O) groups is 1. The fourth-order valence-electron chi connectivity index (χ4n) is 3.39. The van der Waals surface area contributed by atoms with Crippen molar-refractivity contribution in [1.82, 2.24) is 9.80 Å².